The van der Waals surface area contributed by atoms with Gasteiger partial charge in [-0.3, -0.25) is 0 Å². The molecule has 1 aromatic carbocycles. The van der Waals surface area contributed by atoms with Gasteiger partial charge < -0.3 is 9.84 Å². The number of aliphatic hydroxyl groups is 1. The van der Waals surface area contributed by atoms with Crippen LogP contribution in [0.2, 0.25) is 0 Å². The lowest BCUT2D eigenvalue weighted by Crippen LogP contribution is -2.24. The molecule has 1 aliphatic carbocycles. The molecular formula is C16H22O2. The molecule has 2 heteroatoms. The maximum absolute atomic E-state index is 10.4. The molecule has 2 unspecified atom stereocenters. The van der Waals surface area contributed by atoms with Gasteiger partial charge in [0.2, 0.25) is 0 Å². The number of rotatable bonds is 2. The number of ether oxygens (including phenoxy) is 1. The largest absolute Gasteiger partial charge is 0.487 e. The van der Waals surface area contributed by atoms with Crippen LogP contribution < -0.4 is 4.74 Å². The van der Waals surface area contributed by atoms with Crippen molar-refractivity contribution >= 4 is 0 Å². The molecule has 0 radical (unpaired) electrons. The molecule has 1 aliphatic heterocycles. The second kappa shape index (κ2) is 3.51. The normalized spacial score (nSPS) is 28.4. The molecule has 0 bridgehead atoms. The molecule has 3 rings (SSSR count). The predicted molar refractivity (Wildman–Crippen MR) is 71.7 cm³/mol. The van der Waals surface area contributed by atoms with Crippen molar-refractivity contribution in [1.29, 1.82) is 0 Å². The fraction of sp³-hybridized carbons (Fsp3) is 0.625. The number of fused-ring (bicyclic) bond motifs is 1. The Balaban J connectivity index is 1.84. The Morgan fingerprint density at radius 2 is 1.94 bits per heavy atom. The lowest BCUT2D eigenvalue weighted by molar-refractivity contribution is 0.138. The molecule has 2 nitrogen and oxygen atoms in total. The van der Waals surface area contributed by atoms with Crippen molar-refractivity contribution < 1.29 is 9.84 Å². The summed E-state index contributed by atoms with van der Waals surface area (Å²) in [6, 6.07) is 6.15. The molecule has 2 aliphatic rings. The van der Waals surface area contributed by atoms with E-state index in [4.69, 9.17) is 4.74 Å². The third-order valence-corrected chi connectivity index (χ3v) is 4.40. The van der Waals surface area contributed by atoms with Crippen LogP contribution in [-0.2, 0) is 6.42 Å². The van der Waals surface area contributed by atoms with Crippen LogP contribution in [0.4, 0.5) is 0 Å². The Bertz CT molecular complexity index is 488. The van der Waals surface area contributed by atoms with Crippen molar-refractivity contribution in [3.63, 3.8) is 0 Å². The molecule has 1 heterocycles. The number of aliphatic hydroxyl groups excluding tert-OH is 1. The summed E-state index contributed by atoms with van der Waals surface area (Å²) in [5.41, 5.74) is 2.47. The molecule has 2 atom stereocenters. The van der Waals surface area contributed by atoms with Crippen molar-refractivity contribution in [2.75, 3.05) is 0 Å². The highest BCUT2D eigenvalue weighted by atomic mass is 16.5. The van der Waals surface area contributed by atoms with Crippen LogP contribution in [-0.4, -0.2) is 10.7 Å². The zero-order valence-corrected chi connectivity index (χ0v) is 11.7. The van der Waals surface area contributed by atoms with E-state index in [1.165, 1.54) is 5.56 Å². The summed E-state index contributed by atoms with van der Waals surface area (Å²) in [4.78, 5) is 0. The Hall–Kier alpha value is -1.02. The maximum atomic E-state index is 10.4. The minimum Gasteiger partial charge on any atom is -0.487 e. The van der Waals surface area contributed by atoms with Crippen molar-refractivity contribution in [2.24, 2.45) is 11.3 Å². The Morgan fingerprint density at radius 1 is 1.28 bits per heavy atom. The molecule has 0 amide bonds. The fourth-order valence-corrected chi connectivity index (χ4v) is 3.09. The van der Waals surface area contributed by atoms with E-state index >= 15 is 0 Å². The summed E-state index contributed by atoms with van der Waals surface area (Å²) < 4.78 is 5.86. The van der Waals surface area contributed by atoms with Crippen LogP contribution in [0.1, 0.15) is 51.3 Å². The second-order valence-electron chi connectivity index (χ2n) is 7.15. The summed E-state index contributed by atoms with van der Waals surface area (Å²) in [7, 11) is 0. The van der Waals surface area contributed by atoms with Gasteiger partial charge in [-0.2, -0.15) is 0 Å². The van der Waals surface area contributed by atoms with Gasteiger partial charge in [0, 0.05) is 6.42 Å². The van der Waals surface area contributed by atoms with Gasteiger partial charge in [0.15, 0.2) is 0 Å². The molecule has 1 N–H and O–H groups in total. The van der Waals surface area contributed by atoms with Crippen LogP contribution in [0, 0.1) is 11.3 Å². The first-order chi connectivity index (χ1) is 8.28. The van der Waals surface area contributed by atoms with Gasteiger partial charge in [0.05, 0.1) is 6.10 Å². The highest BCUT2D eigenvalue weighted by Crippen LogP contribution is 2.58. The standard InChI is InChI=1S/C16H22O2/c1-15(2)9-12(15)14(17)10-5-6-13-11(7-10)8-16(3,4)18-13/h5-7,12,14,17H,8-9H2,1-4H3. The monoisotopic (exact) mass is 246 g/mol. The van der Waals surface area contributed by atoms with E-state index in [0.29, 0.717) is 11.3 Å². The quantitative estimate of drug-likeness (QED) is 0.865. The molecule has 1 aromatic rings. The third-order valence-electron chi connectivity index (χ3n) is 4.40. The predicted octanol–water partition coefficient (Wildman–Crippen LogP) is 3.48. The highest BCUT2D eigenvalue weighted by molar-refractivity contribution is 5.42. The van der Waals surface area contributed by atoms with Crippen LogP contribution >= 0.6 is 0 Å². The molecule has 0 saturated heterocycles. The first-order valence-corrected chi connectivity index (χ1v) is 6.78. The lowest BCUT2D eigenvalue weighted by Gasteiger charge is -2.16. The van der Waals surface area contributed by atoms with E-state index in [9.17, 15) is 5.11 Å². The van der Waals surface area contributed by atoms with Gasteiger partial charge in [-0.1, -0.05) is 19.9 Å². The van der Waals surface area contributed by atoms with E-state index in [-0.39, 0.29) is 11.7 Å². The van der Waals surface area contributed by atoms with E-state index in [2.05, 4.69) is 33.8 Å². The molecule has 1 saturated carbocycles. The number of hydrogen-bond donors (Lipinski definition) is 1. The van der Waals surface area contributed by atoms with Gasteiger partial charge in [-0.15, -0.1) is 0 Å². The molecule has 1 fully saturated rings. The zero-order valence-electron chi connectivity index (χ0n) is 11.7. The summed E-state index contributed by atoms with van der Waals surface area (Å²) in [6.07, 6.45) is 1.72. The lowest BCUT2D eigenvalue weighted by atomic mass is 9.95. The van der Waals surface area contributed by atoms with Gasteiger partial charge in [-0.05, 0) is 54.9 Å². The molecule has 0 spiro atoms. The smallest absolute Gasteiger partial charge is 0.123 e. The average Bonchev–Trinajstić information content (AvgIpc) is 2.76. The van der Waals surface area contributed by atoms with E-state index < -0.39 is 0 Å². The van der Waals surface area contributed by atoms with Gasteiger partial charge in [0.1, 0.15) is 11.4 Å². The van der Waals surface area contributed by atoms with Gasteiger partial charge >= 0.3 is 0 Å². The van der Waals surface area contributed by atoms with Crippen molar-refractivity contribution in [2.45, 2.75) is 52.2 Å². The zero-order chi connectivity index (χ0) is 13.1. The minimum absolute atomic E-state index is 0.106. The molecule has 98 valence electrons. The fourth-order valence-electron chi connectivity index (χ4n) is 3.09. The van der Waals surface area contributed by atoms with E-state index in [0.717, 1.165) is 24.2 Å². The minimum atomic E-state index is -0.325. The van der Waals surface area contributed by atoms with Crippen molar-refractivity contribution in [3.05, 3.63) is 29.3 Å². The summed E-state index contributed by atoms with van der Waals surface area (Å²) in [5.74, 6) is 1.39. The van der Waals surface area contributed by atoms with Crippen LogP contribution in [0.25, 0.3) is 0 Å². The Kier molecular flexibility index (Phi) is 2.34. The van der Waals surface area contributed by atoms with Crippen LogP contribution in [0.15, 0.2) is 18.2 Å². The van der Waals surface area contributed by atoms with E-state index in [1.807, 2.05) is 12.1 Å². The number of benzene rings is 1. The SMILES string of the molecule is CC1(C)Cc2cc(C(O)C3CC3(C)C)ccc2O1. The van der Waals surface area contributed by atoms with Crippen LogP contribution in [0.5, 0.6) is 5.75 Å². The number of hydrogen-bond acceptors (Lipinski definition) is 2. The molecule has 0 aromatic heterocycles. The average molecular weight is 246 g/mol. The van der Waals surface area contributed by atoms with Gasteiger partial charge in [-0.25, -0.2) is 0 Å². The van der Waals surface area contributed by atoms with Gasteiger partial charge in [0.25, 0.3) is 0 Å². The summed E-state index contributed by atoms with van der Waals surface area (Å²) >= 11 is 0. The Morgan fingerprint density at radius 3 is 2.56 bits per heavy atom. The molecule has 18 heavy (non-hydrogen) atoms. The van der Waals surface area contributed by atoms with Crippen molar-refractivity contribution in [3.8, 4) is 5.75 Å². The topological polar surface area (TPSA) is 29.5 Å². The summed E-state index contributed by atoms with van der Waals surface area (Å²) in [5, 5.41) is 10.4. The third kappa shape index (κ3) is 1.93. The second-order valence-corrected chi connectivity index (χ2v) is 7.15. The van der Waals surface area contributed by atoms with Crippen LogP contribution in [0.3, 0.4) is 0 Å². The highest BCUT2D eigenvalue weighted by Gasteiger charge is 2.50. The van der Waals surface area contributed by atoms with E-state index in [1.54, 1.807) is 0 Å². The Labute approximate surface area is 109 Å². The summed E-state index contributed by atoms with van der Waals surface area (Å²) in [6.45, 7) is 8.65. The first-order valence-electron chi connectivity index (χ1n) is 6.78. The van der Waals surface area contributed by atoms with Crippen molar-refractivity contribution in [1.82, 2.24) is 0 Å². The first kappa shape index (κ1) is 12.0. The maximum Gasteiger partial charge on any atom is 0.123 e. The molecular weight excluding hydrogens is 224 g/mol.